The number of halogens is 1. The van der Waals surface area contributed by atoms with Crippen molar-refractivity contribution >= 4 is 5.95 Å². The summed E-state index contributed by atoms with van der Waals surface area (Å²) in [4.78, 5) is 20.5. The first-order valence-electron chi connectivity index (χ1n) is 10.4. The summed E-state index contributed by atoms with van der Waals surface area (Å²) in [7, 11) is 3.05. The fourth-order valence-corrected chi connectivity index (χ4v) is 4.00. The molecule has 4 rings (SSSR count). The lowest BCUT2D eigenvalue weighted by Crippen LogP contribution is -2.42. The molecule has 1 fully saturated rings. The van der Waals surface area contributed by atoms with Gasteiger partial charge in [0.05, 0.1) is 30.0 Å². The van der Waals surface area contributed by atoms with Crippen LogP contribution in [0.4, 0.5) is 10.3 Å². The summed E-state index contributed by atoms with van der Waals surface area (Å²) < 4.78 is 21.0. The van der Waals surface area contributed by atoms with Crippen molar-refractivity contribution in [2.45, 2.75) is 18.9 Å². The average Bonchev–Trinajstić information content (AvgIpc) is 2.81. The van der Waals surface area contributed by atoms with Gasteiger partial charge in [-0.3, -0.25) is 9.36 Å². The van der Waals surface area contributed by atoms with Crippen molar-refractivity contribution in [3.05, 3.63) is 64.2 Å². The van der Waals surface area contributed by atoms with Crippen molar-refractivity contribution in [2.75, 3.05) is 25.1 Å². The predicted molar refractivity (Wildman–Crippen MR) is 121 cm³/mol. The largest absolute Gasteiger partial charge is 0.494 e. The molecule has 2 aromatic carbocycles. The minimum atomic E-state index is -0.571. The topological polar surface area (TPSA) is 97.2 Å². The molecule has 1 saturated heterocycles. The van der Waals surface area contributed by atoms with Gasteiger partial charge in [0, 0.05) is 31.7 Å². The van der Waals surface area contributed by atoms with Crippen LogP contribution in [0.2, 0.25) is 0 Å². The molecule has 0 amide bonds. The standard InChI is InChI=1S/C24H24FN5O2/c1-29-23(31)21(16-6-7-20(32-2)19(25)13-16)22(17-5-3-4-15(12-17)14-26)28-24(29)30-10-8-18(27)9-11-30/h3-7,12-13,18H,8-11,27H2,1-2H3. The Balaban J connectivity index is 1.96. The molecule has 32 heavy (non-hydrogen) atoms. The van der Waals surface area contributed by atoms with Gasteiger partial charge in [0.2, 0.25) is 5.95 Å². The maximum Gasteiger partial charge on any atom is 0.263 e. The number of hydrogen-bond donors (Lipinski definition) is 1. The maximum absolute atomic E-state index is 14.5. The molecular weight excluding hydrogens is 409 g/mol. The summed E-state index contributed by atoms with van der Waals surface area (Å²) in [6.07, 6.45) is 1.61. The monoisotopic (exact) mass is 433 g/mol. The van der Waals surface area contributed by atoms with Crippen molar-refractivity contribution in [2.24, 2.45) is 12.8 Å². The van der Waals surface area contributed by atoms with E-state index < -0.39 is 5.82 Å². The lowest BCUT2D eigenvalue weighted by Gasteiger charge is -2.32. The van der Waals surface area contributed by atoms with E-state index in [1.807, 2.05) is 4.90 Å². The zero-order valence-corrected chi connectivity index (χ0v) is 18.0. The van der Waals surface area contributed by atoms with E-state index in [1.54, 1.807) is 37.4 Å². The van der Waals surface area contributed by atoms with Crippen LogP contribution in [0.3, 0.4) is 0 Å². The lowest BCUT2D eigenvalue weighted by atomic mass is 9.99. The smallest absolute Gasteiger partial charge is 0.263 e. The van der Waals surface area contributed by atoms with Gasteiger partial charge in [-0.2, -0.15) is 5.26 Å². The Labute approximate surface area is 185 Å². The van der Waals surface area contributed by atoms with E-state index in [2.05, 4.69) is 6.07 Å². The zero-order chi connectivity index (χ0) is 22.8. The normalized spacial score (nSPS) is 14.3. The number of nitrogens with zero attached hydrogens (tertiary/aromatic N) is 4. The molecule has 3 aromatic rings. The van der Waals surface area contributed by atoms with E-state index in [0.29, 0.717) is 41.4 Å². The van der Waals surface area contributed by atoms with E-state index in [9.17, 15) is 14.4 Å². The molecule has 1 aliphatic rings. The molecule has 0 saturated carbocycles. The third-order valence-electron chi connectivity index (χ3n) is 5.80. The van der Waals surface area contributed by atoms with Crippen molar-refractivity contribution in [1.29, 1.82) is 5.26 Å². The number of rotatable bonds is 4. The van der Waals surface area contributed by atoms with E-state index >= 15 is 0 Å². The fourth-order valence-electron chi connectivity index (χ4n) is 4.00. The van der Waals surface area contributed by atoms with Gasteiger partial charge < -0.3 is 15.4 Å². The molecule has 1 aromatic heterocycles. The predicted octanol–water partition coefficient (Wildman–Crippen LogP) is 3.06. The van der Waals surface area contributed by atoms with Crippen LogP contribution in [0, 0.1) is 17.1 Å². The Morgan fingerprint density at radius 2 is 1.94 bits per heavy atom. The van der Waals surface area contributed by atoms with Crippen molar-refractivity contribution in [3.63, 3.8) is 0 Å². The number of ether oxygens (including phenoxy) is 1. The highest BCUT2D eigenvalue weighted by molar-refractivity contribution is 5.81. The van der Waals surface area contributed by atoms with Crippen LogP contribution in [0.15, 0.2) is 47.3 Å². The van der Waals surface area contributed by atoms with Crippen molar-refractivity contribution < 1.29 is 9.13 Å². The molecule has 0 atom stereocenters. The van der Waals surface area contributed by atoms with E-state index in [4.69, 9.17) is 15.5 Å². The van der Waals surface area contributed by atoms with E-state index in [0.717, 1.165) is 12.8 Å². The number of methoxy groups -OCH3 is 1. The average molecular weight is 433 g/mol. The van der Waals surface area contributed by atoms with Gasteiger partial charge in [0.25, 0.3) is 5.56 Å². The Morgan fingerprint density at radius 3 is 2.59 bits per heavy atom. The van der Waals surface area contributed by atoms with Gasteiger partial charge in [-0.05, 0) is 42.7 Å². The first kappa shape index (κ1) is 21.5. The van der Waals surface area contributed by atoms with Gasteiger partial charge in [-0.15, -0.1) is 0 Å². The van der Waals surface area contributed by atoms with Gasteiger partial charge in [-0.1, -0.05) is 18.2 Å². The molecular formula is C24H24FN5O2. The minimum Gasteiger partial charge on any atom is -0.494 e. The van der Waals surface area contributed by atoms with Crippen LogP contribution in [0.1, 0.15) is 18.4 Å². The van der Waals surface area contributed by atoms with Crippen LogP contribution in [-0.2, 0) is 7.05 Å². The van der Waals surface area contributed by atoms with Gasteiger partial charge in [0.1, 0.15) is 0 Å². The molecule has 8 heteroatoms. The molecule has 7 nitrogen and oxygen atoms in total. The fraction of sp³-hybridized carbons (Fsp3) is 0.292. The summed E-state index contributed by atoms with van der Waals surface area (Å²) in [5.41, 5.74) is 7.86. The minimum absolute atomic E-state index is 0.0906. The lowest BCUT2D eigenvalue weighted by molar-refractivity contribution is 0.386. The Kier molecular flexibility index (Phi) is 5.93. The number of hydrogen-bond acceptors (Lipinski definition) is 6. The van der Waals surface area contributed by atoms with Crippen LogP contribution in [0.5, 0.6) is 5.75 Å². The Bertz CT molecular complexity index is 1260. The van der Waals surface area contributed by atoms with Crippen molar-refractivity contribution in [1.82, 2.24) is 9.55 Å². The summed E-state index contributed by atoms with van der Waals surface area (Å²) >= 11 is 0. The molecule has 2 heterocycles. The molecule has 0 unspecified atom stereocenters. The summed E-state index contributed by atoms with van der Waals surface area (Å²) in [6, 6.07) is 13.5. The Hall–Kier alpha value is -3.70. The SMILES string of the molecule is COc1ccc(-c2c(-c3cccc(C#N)c3)nc(N3CCC(N)CC3)n(C)c2=O)cc1F. The first-order valence-corrected chi connectivity index (χ1v) is 10.4. The number of nitriles is 1. The first-order chi connectivity index (χ1) is 15.4. The zero-order valence-electron chi connectivity index (χ0n) is 18.0. The summed E-state index contributed by atoms with van der Waals surface area (Å²) in [6.45, 7) is 1.38. The molecule has 0 radical (unpaired) electrons. The van der Waals surface area contributed by atoms with Crippen LogP contribution in [-0.4, -0.2) is 35.8 Å². The molecule has 0 bridgehead atoms. The molecule has 1 aliphatic heterocycles. The number of nitrogens with two attached hydrogens (primary N) is 1. The quantitative estimate of drug-likeness (QED) is 0.679. The van der Waals surface area contributed by atoms with Gasteiger partial charge in [0.15, 0.2) is 11.6 Å². The highest BCUT2D eigenvalue weighted by Crippen LogP contribution is 2.32. The highest BCUT2D eigenvalue weighted by atomic mass is 19.1. The van der Waals surface area contributed by atoms with Gasteiger partial charge >= 0.3 is 0 Å². The van der Waals surface area contributed by atoms with E-state index in [1.165, 1.54) is 23.8 Å². The molecule has 0 aliphatic carbocycles. The summed E-state index contributed by atoms with van der Waals surface area (Å²) in [5, 5.41) is 9.35. The van der Waals surface area contributed by atoms with Crippen molar-refractivity contribution in [3.8, 4) is 34.2 Å². The third kappa shape index (κ3) is 3.95. The van der Waals surface area contributed by atoms with Crippen LogP contribution < -0.4 is 20.9 Å². The Morgan fingerprint density at radius 1 is 1.19 bits per heavy atom. The second-order valence-electron chi connectivity index (χ2n) is 7.87. The molecule has 0 spiro atoms. The van der Waals surface area contributed by atoms with E-state index in [-0.39, 0.29) is 22.9 Å². The maximum atomic E-state index is 14.5. The number of aromatic nitrogens is 2. The highest BCUT2D eigenvalue weighted by Gasteiger charge is 2.24. The van der Waals surface area contributed by atoms with Crippen LogP contribution in [0.25, 0.3) is 22.4 Å². The summed E-state index contributed by atoms with van der Waals surface area (Å²) in [5.74, 6) is 0.0442. The second kappa shape index (κ2) is 8.81. The third-order valence-corrected chi connectivity index (χ3v) is 5.80. The van der Waals surface area contributed by atoms with Gasteiger partial charge in [-0.25, -0.2) is 9.37 Å². The molecule has 2 N–H and O–H groups in total. The number of anilines is 1. The second-order valence-corrected chi connectivity index (χ2v) is 7.87. The van der Waals surface area contributed by atoms with Crippen LogP contribution >= 0.6 is 0 Å². The number of benzene rings is 2. The molecule has 164 valence electrons. The number of piperidine rings is 1.